The van der Waals surface area contributed by atoms with E-state index >= 15 is 0 Å². The van der Waals surface area contributed by atoms with Gasteiger partial charge in [-0.05, 0) is 43.1 Å². The average molecular weight is 320 g/mol. The van der Waals surface area contributed by atoms with Gasteiger partial charge in [0.15, 0.2) is 0 Å². The van der Waals surface area contributed by atoms with Crippen LogP contribution in [0.3, 0.4) is 0 Å². The van der Waals surface area contributed by atoms with E-state index in [1.165, 1.54) is 19.1 Å². The molecule has 0 saturated heterocycles. The van der Waals surface area contributed by atoms with Crippen molar-refractivity contribution in [3.63, 3.8) is 0 Å². The van der Waals surface area contributed by atoms with Crippen LogP contribution >= 0.6 is 7.82 Å². The topological polar surface area (TPSA) is 66.8 Å². The third-order valence-electron chi connectivity index (χ3n) is 3.42. The Balaban J connectivity index is 4.18. The van der Waals surface area contributed by atoms with Crippen molar-refractivity contribution in [2.24, 2.45) is 11.8 Å². The quantitative estimate of drug-likeness (QED) is 0.286. The van der Waals surface area contributed by atoms with E-state index in [-0.39, 0.29) is 0 Å². The van der Waals surface area contributed by atoms with E-state index in [1.54, 1.807) is 0 Å². The molecule has 0 aromatic heterocycles. The first-order chi connectivity index (χ1) is 9.70. The molecule has 21 heavy (non-hydrogen) atoms. The lowest BCUT2D eigenvalue weighted by molar-refractivity contribution is 0.256. The van der Waals surface area contributed by atoms with Crippen molar-refractivity contribution in [3.8, 4) is 0 Å². The Hall–Kier alpha value is -0.310. The molecule has 0 aliphatic heterocycles. The summed E-state index contributed by atoms with van der Waals surface area (Å²) in [6, 6.07) is 0. The fourth-order valence-electron chi connectivity index (χ4n) is 2.20. The molecule has 0 aliphatic carbocycles. The van der Waals surface area contributed by atoms with Crippen molar-refractivity contribution in [1.82, 2.24) is 0 Å². The summed E-state index contributed by atoms with van der Waals surface area (Å²) in [6.07, 6.45) is 9.83. The van der Waals surface area contributed by atoms with Crippen LogP contribution in [0.1, 0.15) is 79.1 Å². The monoisotopic (exact) mass is 320 g/mol. The smallest absolute Gasteiger partial charge is 0.412 e. The molecule has 0 heterocycles. The summed E-state index contributed by atoms with van der Waals surface area (Å²) in [5.41, 5.74) is 1.02. The van der Waals surface area contributed by atoms with E-state index in [2.05, 4.69) is 32.2 Å². The van der Waals surface area contributed by atoms with Gasteiger partial charge in [0.05, 0.1) is 6.26 Å². The Morgan fingerprint density at radius 2 is 1.38 bits per heavy atom. The molecule has 2 N–H and O–H groups in total. The molecule has 126 valence electrons. The van der Waals surface area contributed by atoms with Crippen molar-refractivity contribution in [3.05, 3.63) is 11.8 Å². The lowest BCUT2D eigenvalue weighted by Crippen LogP contribution is -1.93. The zero-order valence-corrected chi connectivity index (χ0v) is 14.9. The zero-order valence-electron chi connectivity index (χ0n) is 14.0. The highest BCUT2D eigenvalue weighted by molar-refractivity contribution is 7.46. The summed E-state index contributed by atoms with van der Waals surface area (Å²) in [4.78, 5) is 17.6. The second-order valence-corrected chi connectivity index (χ2v) is 7.84. The molecule has 0 aromatic rings. The first-order valence-electron chi connectivity index (χ1n) is 8.12. The molecule has 0 unspecified atom stereocenters. The van der Waals surface area contributed by atoms with Crippen LogP contribution < -0.4 is 0 Å². The SMILES string of the molecule is CC(C)CCCCC(=COP(=O)(O)O)CCCCC(C)C. The molecule has 0 atom stereocenters. The Morgan fingerprint density at radius 1 is 0.952 bits per heavy atom. The van der Waals surface area contributed by atoms with E-state index in [0.29, 0.717) is 11.8 Å². The first kappa shape index (κ1) is 20.7. The molecular weight excluding hydrogens is 287 g/mol. The maximum atomic E-state index is 10.8. The van der Waals surface area contributed by atoms with Crippen LogP contribution in [-0.4, -0.2) is 9.79 Å². The van der Waals surface area contributed by atoms with Crippen LogP contribution in [-0.2, 0) is 9.09 Å². The predicted octanol–water partition coefficient (Wildman–Crippen LogP) is 5.41. The predicted molar refractivity (Wildman–Crippen MR) is 87.8 cm³/mol. The van der Waals surface area contributed by atoms with E-state index in [4.69, 9.17) is 9.79 Å². The van der Waals surface area contributed by atoms with Gasteiger partial charge in [-0.1, -0.05) is 53.4 Å². The molecule has 0 radical (unpaired) electrons. The Kier molecular flexibility index (Phi) is 11.1. The fraction of sp³-hybridized carbons (Fsp3) is 0.875. The van der Waals surface area contributed by atoms with E-state index in [1.807, 2.05) is 0 Å². The molecule has 0 rings (SSSR count). The average Bonchev–Trinajstić information content (AvgIpc) is 2.33. The van der Waals surface area contributed by atoms with Gasteiger partial charge >= 0.3 is 7.82 Å². The van der Waals surface area contributed by atoms with Crippen LogP contribution in [0.15, 0.2) is 11.8 Å². The molecular formula is C16H33O4P. The van der Waals surface area contributed by atoms with Crippen molar-refractivity contribution in [2.45, 2.75) is 79.1 Å². The van der Waals surface area contributed by atoms with Gasteiger partial charge in [0.25, 0.3) is 0 Å². The lowest BCUT2D eigenvalue weighted by Gasteiger charge is -2.10. The summed E-state index contributed by atoms with van der Waals surface area (Å²) < 4.78 is 15.4. The number of phosphoric ester groups is 1. The van der Waals surface area contributed by atoms with Gasteiger partial charge in [0.1, 0.15) is 0 Å². The van der Waals surface area contributed by atoms with Gasteiger partial charge < -0.3 is 4.52 Å². The molecule has 0 fully saturated rings. The normalized spacial score (nSPS) is 12.0. The summed E-state index contributed by atoms with van der Waals surface area (Å²) in [7, 11) is -4.41. The van der Waals surface area contributed by atoms with Crippen molar-refractivity contribution >= 4 is 7.82 Å². The molecule has 0 amide bonds. The zero-order chi connectivity index (χ0) is 16.3. The molecule has 5 heteroatoms. The number of hydrogen-bond acceptors (Lipinski definition) is 2. The van der Waals surface area contributed by atoms with Crippen LogP contribution in [0.2, 0.25) is 0 Å². The number of rotatable bonds is 12. The van der Waals surface area contributed by atoms with Gasteiger partial charge in [0, 0.05) is 0 Å². The van der Waals surface area contributed by atoms with Crippen LogP contribution in [0.25, 0.3) is 0 Å². The minimum absolute atomic E-state index is 0.704. The molecule has 0 aromatic carbocycles. The summed E-state index contributed by atoms with van der Waals surface area (Å²) in [5, 5.41) is 0. The standard InChI is InChI=1S/C16H33O4P/c1-14(2)9-5-7-11-16(13-20-21(17,18)19)12-8-6-10-15(3)4/h13-15H,5-12H2,1-4H3,(H2,17,18,19). The summed E-state index contributed by atoms with van der Waals surface area (Å²) in [5.74, 6) is 1.41. The second kappa shape index (κ2) is 11.3. The van der Waals surface area contributed by atoms with Gasteiger partial charge in [-0.3, -0.25) is 9.79 Å². The molecule has 0 spiro atoms. The highest BCUT2D eigenvalue weighted by atomic mass is 31.2. The Labute approximate surface area is 130 Å². The molecule has 0 bridgehead atoms. The highest BCUT2D eigenvalue weighted by Gasteiger charge is 2.13. The third-order valence-corrected chi connectivity index (χ3v) is 3.80. The van der Waals surface area contributed by atoms with Crippen molar-refractivity contribution < 1.29 is 18.9 Å². The highest BCUT2D eigenvalue weighted by Crippen LogP contribution is 2.37. The van der Waals surface area contributed by atoms with Crippen LogP contribution in [0, 0.1) is 11.8 Å². The van der Waals surface area contributed by atoms with Gasteiger partial charge in [-0.25, -0.2) is 4.57 Å². The van der Waals surface area contributed by atoms with Gasteiger partial charge in [-0.2, -0.15) is 0 Å². The number of hydrogen-bond donors (Lipinski definition) is 2. The van der Waals surface area contributed by atoms with E-state index < -0.39 is 7.82 Å². The Morgan fingerprint density at radius 3 is 1.71 bits per heavy atom. The van der Waals surface area contributed by atoms with Crippen LogP contribution in [0.4, 0.5) is 0 Å². The van der Waals surface area contributed by atoms with Gasteiger partial charge in [0.2, 0.25) is 0 Å². The fourth-order valence-corrected chi connectivity index (χ4v) is 2.48. The summed E-state index contributed by atoms with van der Waals surface area (Å²) >= 11 is 0. The van der Waals surface area contributed by atoms with Crippen LogP contribution in [0.5, 0.6) is 0 Å². The number of unbranched alkanes of at least 4 members (excludes halogenated alkanes) is 2. The minimum Gasteiger partial charge on any atom is -0.412 e. The van der Waals surface area contributed by atoms with Crippen molar-refractivity contribution in [1.29, 1.82) is 0 Å². The van der Waals surface area contributed by atoms with Gasteiger partial charge in [-0.15, -0.1) is 0 Å². The first-order valence-corrected chi connectivity index (χ1v) is 9.65. The molecule has 4 nitrogen and oxygen atoms in total. The molecule has 0 saturated carbocycles. The maximum Gasteiger partial charge on any atom is 0.524 e. The Bertz CT molecular complexity index is 313. The van der Waals surface area contributed by atoms with E-state index in [0.717, 1.165) is 44.1 Å². The van der Waals surface area contributed by atoms with E-state index in [9.17, 15) is 4.57 Å². The minimum atomic E-state index is -4.41. The largest absolute Gasteiger partial charge is 0.524 e. The maximum absolute atomic E-state index is 10.8. The number of phosphoric acid groups is 1. The molecule has 0 aliphatic rings. The lowest BCUT2D eigenvalue weighted by atomic mass is 9.98. The second-order valence-electron chi connectivity index (χ2n) is 6.65. The third kappa shape index (κ3) is 15.9. The van der Waals surface area contributed by atoms with Crippen molar-refractivity contribution in [2.75, 3.05) is 0 Å². The summed E-state index contributed by atoms with van der Waals surface area (Å²) in [6.45, 7) is 8.83. The number of allylic oxidation sites excluding steroid dienone is 1.